The molecular formula is C21H25N9O5. The second-order valence-electron chi connectivity index (χ2n) is 7.65. The first kappa shape index (κ1) is 24.0. The molecular weight excluding hydrogens is 458 g/mol. The van der Waals surface area contributed by atoms with Gasteiger partial charge in [0.25, 0.3) is 0 Å². The Morgan fingerprint density at radius 1 is 1.31 bits per heavy atom. The highest BCUT2D eigenvalue weighted by atomic mass is 16.5. The van der Waals surface area contributed by atoms with Crippen molar-refractivity contribution < 1.29 is 24.1 Å². The van der Waals surface area contributed by atoms with Gasteiger partial charge in [0.15, 0.2) is 23.2 Å². The van der Waals surface area contributed by atoms with Crippen LogP contribution < -0.4 is 20.1 Å². The van der Waals surface area contributed by atoms with Gasteiger partial charge in [0.2, 0.25) is 5.91 Å². The normalized spacial score (nSPS) is 21.4. The third-order valence-corrected chi connectivity index (χ3v) is 5.74. The zero-order valence-corrected chi connectivity index (χ0v) is 19.3. The number of carbonyl (C=O) groups is 1. The number of aliphatic hydroxyl groups is 1. The number of methoxy groups -OCH3 is 2. The number of aliphatic hydroxyl groups excluding tert-OH is 1. The molecule has 0 saturated carbocycles. The van der Waals surface area contributed by atoms with Gasteiger partial charge >= 0.3 is 0 Å². The van der Waals surface area contributed by atoms with Crippen molar-refractivity contribution in [1.29, 1.82) is 0 Å². The summed E-state index contributed by atoms with van der Waals surface area (Å²) in [5, 5.41) is 20.0. The van der Waals surface area contributed by atoms with Crippen LogP contribution in [0.1, 0.15) is 11.8 Å². The van der Waals surface area contributed by atoms with E-state index in [9.17, 15) is 9.90 Å². The number of likely N-dealkylation sites (N-methyl/N-ethyl adjacent to an activating group) is 1. The highest BCUT2D eigenvalue weighted by Gasteiger charge is 2.48. The third-order valence-electron chi connectivity index (χ3n) is 5.74. The predicted octanol–water partition coefficient (Wildman–Crippen LogP) is 1.18. The van der Waals surface area contributed by atoms with Crippen LogP contribution in [0.4, 0.5) is 5.82 Å². The van der Waals surface area contributed by atoms with Crippen LogP contribution in [-0.2, 0) is 16.0 Å². The third kappa shape index (κ3) is 4.62. The number of anilines is 1. The van der Waals surface area contributed by atoms with E-state index in [0.717, 1.165) is 17.1 Å². The Hall–Kier alpha value is -4.13. The molecule has 0 bridgehead atoms. The molecule has 1 aliphatic heterocycles. The molecule has 2 aromatic heterocycles. The van der Waals surface area contributed by atoms with E-state index >= 15 is 0 Å². The maximum atomic E-state index is 12.2. The van der Waals surface area contributed by atoms with Crippen molar-refractivity contribution in [3.63, 3.8) is 0 Å². The lowest BCUT2D eigenvalue weighted by Crippen LogP contribution is -2.40. The number of hydrogen-bond acceptors (Lipinski definition) is 10. The van der Waals surface area contributed by atoms with E-state index in [-0.39, 0.29) is 0 Å². The smallest absolute Gasteiger partial charge is 0.249 e. The lowest BCUT2D eigenvalue weighted by atomic mass is 10.1. The van der Waals surface area contributed by atoms with Crippen molar-refractivity contribution >= 4 is 22.9 Å². The van der Waals surface area contributed by atoms with Crippen LogP contribution in [0.3, 0.4) is 0 Å². The zero-order valence-electron chi connectivity index (χ0n) is 19.3. The number of aromatic nitrogens is 4. The molecule has 184 valence electrons. The standard InChI is InChI=1S/C21H25N9O5/c1-23-20(32)17-14(28-29-22)16(31)21(35-17)30-10-27-15-18(25-9-26-19(15)30)24-7-6-11-8-12(33-2)4-5-13(11)34-3/h4-5,8-10,14,16-17,21,31H,6-7H2,1-3H3,(H,23,32)(H,24,25,26). The lowest BCUT2D eigenvalue weighted by Gasteiger charge is -2.16. The minimum atomic E-state index is -1.29. The molecule has 1 aliphatic rings. The van der Waals surface area contributed by atoms with Crippen molar-refractivity contribution in [3.8, 4) is 11.5 Å². The Morgan fingerprint density at radius 3 is 2.86 bits per heavy atom. The van der Waals surface area contributed by atoms with Crippen LogP contribution in [0.2, 0.25) is 0 Å². The topological polar surface area (TPSA) is 181 Å². The Morgan fingerprint density at radius 2 is 2.14 bits per heavy atom. The molecule has 4 rings (SSSR count). The van der Waals surface area contributed by atoms with E-state index in [1.54, 1.807) is 14.2 Å². The van der Waals surface area contributed by atoms with Crippen LogP contribution in [-0.4, -0.2) is 76.6 Å². The summed E-state index contributed by atoms with van der Waals surface area (Å²) < 4.78 is 18.0. The van der Waals surface area contributed by atoms with Crippen molar-refractivity contribution in [1.82, 2.24) is 24.8 Å². The van der Waals surface area contributed by atoms with E-state index < -0.39 is 30.4 Å². The Balaban J connectivity index is 1.55. The highest BCUT2D eigenvalue weighted by Crippen LogP contribution is 2.34. The summed E-state index contributed by atoms with van der Waals surface area (Å²) in [6.45, 7) is 0.517. The van der Waals surface area contributed by atoms with Gasteiger partial charge < -0.3 is 30.0 Å². The molecule has 3 heterocycles. The molecule has 0 radical (unpaired) electrons. The maximum absolute atomic E-state index is 12.2. The monoisotopic (exact) mass is 483 g/mol. The number of carbonyl (C=O) groups excluding carboxylic acids is 1. The number of nitrogens with one attached hydrogen (secondary N) is 2. The summed E-state index contributed by atoms with van der Waals surface area (Å²) in [5.41, 5.74) is 10.7. The van der Waals surface area contributed by atoms with Gasteiger partial charge in [0.1, 0.15) is 36.1 Å². The molecule has 1 fully saturated rings. The van der Waals surface area contributed by atoms with Crippen molar-refractivity contribution in [2.24, 2.45) is 5.11 Å². The van der Waals surface area contributed by atoms with Crippen LogP contribution in [0, 0.1) is 0 Å². The fraction of sp³-hybridized carbons (Fsp3) is 0.429. The Bertz CT molecular complexity index is 1260. The Labute approximate surface area is 199 Å². The molecule has 0 aliphatic carbocycles. The molecule has 1 amide bonds. The molecule has 14 heteroatoms. The first-order valence-electron chi connectivity index (χ1n) is 10.7. The van der Waals surface area contributed by atoms with Crippen molar-refractivity contribution in [3.05, 3.63) is 46.9 Å². The number of ether oxygens (including phenoxy) is 3. The molecule has 3 N–H and O–H groups in total. The van der Waals surface area contributed by atoms with Gasteiger partial charge in [0, 0.05) is 18.5 Å². The first-order chi connectivity index (χ1) is 17.0. The molecule has 4 atom stereocenters. The fourth-order valence-corrected chi connectivity index (χ4v) is 4.00. The first-order valence-corrected chi connectivity index (χ1v) is 10.7. The van der Waals surface area contributed by atoms with E-state index in [0.29, 0.717) is 29.9 Å². The lowest BCUT2D eigenvalue weighted by molar-refractivity contribution is -0.134. The number of imidazole rings is 1. The summed E-state index contributed by atoms with van der Waals surface area (Å²) in [6.07, 6.45) is -0.0799. The summed E-state index contributed by atoms with van der Waals surface area (Å²) in [5.74, 6) is 1.45. The van der Waals surface area contributed by atoms with Crippen molar-refractivity contribution in [2.75, 3.05) is 33.1 Å². The molecule has 0 spiro atoms. The highest BCUT2D eigenvalue weighted by molar-refractivity contribution is 5.83. The number of nitrogens with zero attached hydrogens (tertiary/aromatic N) is 7. The second-order valence-corrected chi connectivity index (χ2v) is 7.65. The average Bonchev–Trinajstić information content (AvgIpc) is 3.45. The van der Waals surface area contributed by atoms with Gasteiger partial charge in [-0.1, -0.05) is 5.11 Å². The number of azide groups is 1. The van der Waals surface area contributed by atoms with Crippen molar-refractivity contribution in [2.45, 2.75) is 30.9 Å². The van der Waals surface area contributed by atoms with Gasteiger partial charge in [0.05, 0.1) is 20.5 Å². The van der Waals surface area contributed by atoms with Gasteiger partial charge in [-0.25, -0.2) is 15.0 Å². The number of fused-ring (bicyclic) bond motifs is 1. The number of amides is 1. The molecule has 14 nitrogen and oxygen atoms in total. The predicted molar refractivity (Wildman–Crippen MR) is 124 cm³/mol. The largest absolute Gasteiger partial charge is 0.497 e. The summed E-state index contributed by atoms with van der Waals surface area (Å²) in [6, 6.07) is 4.48. The number of benzene rings is 1. The molecule has 3 aromatic rings. The number of rotatable bonds is 9. The average molecular weight is 483 g/mol. The Kier molecular flexibility index (Phi) is 7.15. The quantitative estimate of drug-likeness (QED) is 0.229. The summed E-state index contributed by atoms with van der Waals surface area (Å²) >= 11 is 0. The van der Waals surface area contributed by atoms with E-state index in [1.165, 1.54) is 24.3 Å². The zero-order chi connectivity index (χ0) is 24.9. The summed E-state index contributed by atoms with van der Waals surface area (Å²) in [4.78, 5) is 27.9. The minimum absolute atomic E-state index is 0.378. The maximum Gasteiger partial charge on any atom is 0.249 e. The van der Waals surface area contributed by atoms with Crippen LogP contribution >= 0.6 is 0 Å². The van der Waals surface area contributed by atoms with Crippen LogP contribution in [0.15, 0.2) is 36.0 Å². The van der Waals surface area contributed by atoms with Gasteiger partial charge in [-0.05, 0) is 35.7 Å². The molecule has 1 aromatic carbocycles. The minimum Gasteiger partial charge on any atom is -0.497 e. The van der Waals surface area contributed by atoms with Gasteiger partial charge in [-0.3, -0.25) is 9.36 Å². The van der Waals surface area contributed by atoms with Gasteiger partial charge in [-0.15, -0.1) is 0 Å². The molecule has 1 saturated heterocycles. The van der Waals surface area contributed by atoms with E-state index in [4.69, 9.17) is 19.7 Å². The van der Waals surface area contributed by atoms with E-state index in [2.05, 4.69) is 35.6 Å². The number of hydrogen-bond donors (Lipinski definition) is 3. The fourth-order valence-electron chi connectivity index (χ4n) is 4.00. The molecule has 35 heavy (non-hydrogen) atoms. The summed E-state index contributed by atoms with van der Waals surface area (Å²) in [7, 11) is 4.64. The van der Waals surface area contributed by atoms with Crippen LogP contribution in [0.25, 0.3) is 21.6 Å². The van der Waals surface area contributed by atoms with Gasteiger partial charge in [-0.2, -0.15) is 0 Å². The molecule has 4 unspecified atom stereocenters. The van der Waals surface area contributed by atoms with Crippen LogP contribution in [0.5, 0.6) is 11.5 Å². The van der Waals surface area contributed by atoms with E-state index in [1.807, 2.05) is 18.2 Å². The SMILES string of the molecule is CNC(=O)C1OC(n2cnc3c(NCCc4cc(OC)ccc4OC)ncnc32)C(O)C1N=[N+]=[N-]. The second kappa shape index (κ2) is 10.4.